The van der Waals surface area contributed by atoms with Gasteiger partial charge in [0.05, 0.1) is 24.3 Å². The number of pyridine rings is 1. The molecule has 3 rings (SSSR count). The van der Waals surface area contributed by atoms with Crippen molar-refractivity contribution in [3.63, 3.8) is 0 Å². The first-order valence-electron chi connectivity index (χ1n) is 7.41. The first kappa shape index (κ1) is 14.0. The van der Waals surface area contributed by atoms with Gasteiger partial charge in [-0.25, -0.2) is 4.98 Å². The lowest BCUT2D eigenvalue weighted by Gasteiger charge is -2.29. The second-order valence-corrected chi connectivity index (χ2v) is 5.73. The van der Waals surface area contributed by atoms with Crippen molar-refractivity contribution >= 4 is 23.0 Å². The molecule has 0 unspecified atom stereocenters. The lowest BCUT2D eigenvalue weighted by molar-refractivity contribution is 0.111. The van der Waals surface area contributed by atoms with Crippen molar-refractivity contribution in [3.8, 4) is 0 Å². The Morgan fingerprint density at radius 2 is 2.00 bits per heavy atom. The number of nitrogens with zero attached hydrogens (tertiary/aromatic N) is 2. The standard InChI is InChI=1S/C17H20N2O2/c1-12(2)13-3-4-16-14(9-13)10-15(11-20)17(18-16)19-5-7-21-8-6-19/h3-4,9-12H,5-8H2,1-2H3. The number of aromatic nitrogens is 1. The molecule has 1 aliphatic heterocycles. The van der Waals surface area contributed by atoms with Crippen LogP contribution in [-0.2, 0) is 4.74 Å². The topological polar surface area (TPSA) is 42.4 Å². The third kappa shape index (κ3) is 2.76. The van der Waals surface area contributed by atoms with Crippen molar-refractivity contribution in [3.05, 3.63) is 35.4 Å². The number of aldehydes is 1. The highest BCUT2D eigenvalue weighted by Gasteiger charge is 2.17. The molecule has 21 heavy (non-hydrogen) atoms. The maximum Gasteiger partial charge on any atom is 0.153 e. The van der Waals surface area contributed by atoms with Gasteiger partial charge in [0.15, 0.2) is 6.29 Å². The summed E-state index contributed by atoms with van der Waals surface area (Å²) in [5.74, 6) is 1.24. The number of carbonyl (C=O) groups is 1. The van der Waals surface area contributed by atoms with E-state index in [9.17, 15) is 4.79 Å². The molecule has 2 heterocycles. The number of benzene rings is 1. The lowest BCUT2D eigenvalue weighted by Crippen LogP contribution is -2.37. The van der Waals surface area contributed by atoms with E-state index in [1.165, 1.54) is 5.56 Å². The molecule has 0 aliphatic carbocycles. The van der Waals surface area contributed by atoms with Gasteiger partial charge in [0.1, 0.15) is 5.82 Å². The molecule has 1 saturated heterocycles. The zero-order chi connectivity index (χ0) is 14.8. The SMILES string of the molecule is CC(C)c1ccc2nc(N3CCOCC3)c(C=O)cc2c1. The van der Waals surface area contributed by atoms with Crippen LogP contribution in [0, 0.1) is 0 Å². The Kier molecular flexibility index (Phi) is 3.88. The summed E-state index contributed by atoms with van der Waals surface area (Å²) in [6, 6.07) is 8.24. The van der Waals surface area contributed by atoms with Gasteiger partial charge < -0.3 is 9.64 Å². The second-order valence-electron chi connectivity index (χ2n) is 5.73. The molecule has 0 saturated carbocycles. The van der Waals surface area contributed by atoms with E-state index < -0.39 is 0 Å². The number of anilines is 1. The summed E-state index contributed by atoms with van der Waals surface area (Å²) in [5, 5.41) is 1.03. The highest BCUT2D eigenvalue weighted by atomic mass is 16.5. The summed E-state index contributed by atoms with van der Waals surface area (Å²) >= 11 is 0. The van der Waals surface area contributed by atoms with Gasteiger partial charge in [0.25, 0.3) is 0 Å². The monoisotopic (exact) mass is 284 g/mol. The Labute approximate surface area is 124 Å². The van der Waals surface area contributed by atoms with Crippen LogP contribution in [0.5, 0.6) is 0 Å². The Morgan fingerprint density at radius 1 is 1.24 bits per heavy atom. The second kappa shape index (κ2) is 5.82. The highest BCUT2D eigenvalue weighted by molar-refractivity contribution is 5.92. The first-order valence-corrected chi connectivity index (χ1v) is 7.41. The van der Waals surface area contributed by atoms with Gasteiger partial charge in [-0.1, -0.05) is 19.9 Å². The fourth-order valence-electron chi connectivity index (χ4n) is 2.68. The smallest absolute Gasteiger partial charge is 0.153 e. The summed E-state index contributed by atoms with van der Waals surface area (Å²) in [6.07, 6.45) is 0.902. The summed E-state index contributed by atoms with van der Waals surface area (Å²) < 4.78 is 5.37. The van der Waals surface area contributed by atoms with Crippen molar-refractivity contribution in [2.75, 3.05) is 31.2 Å². The van der Waals surface area contributed by atoms with E-state index >= 15 is 0 Å². The third-order valence-electron chi connectivity index (χ3n) is 3.95. The molecule has 1 aliphatic rings. The van der Waals surface area contributed by atoms with Crippen molar-refractivity contribution in [2.45, 2.75) is 19.8 Å². The molecular weight excluding hydrogens is 264 g/mol. The number of ether oxygens (including phenoxy) is 1. The lowest BCUT2D eigenvalue weighted by atomic mass is 10.0. The molecule has 0 spiro atoms. The largest absolute Gasteiger partial charge is 0.378 e. The van der Waals surface area contributed by atoms with Gasteiger partial charge >= 0.3 is 0 Å². The molecule has 1 aromatic heterocycles. The Bertz CT molecular complexity index is 661. The van der Waals surface area contributed by atoms with Crippen molar-refractivity contribution < 1.29 is 9.53 Å². The van der Waals surface area contributed by atoms with Gasteiger partial charge in [-0.3, -0.25) is 4.79 Å². The predicted molar refractivity (Wildman–Crippen MR) is 84.3 cm³/mol. The van der Waals surface area contributed by atoms with Crippen LogP contribution in [0.2, 0.25) is 0 Å². The number of morpholine rings is 1. The van der Waals surface area contributed by atoms with Crippen LogP contribution in [0.4, 0.5) is 5.82 Å². The van der Waals surface area contributed by atoms with E-state index in [2.05, 4.69) is 30.9 Å². The highest BCUT2D eigenvalue weighted by Crippen LogP contribution is 2.26. The maximum atomic E-state index is 11.4. The van der Waals surface area contributed by atoms with Crippen LogP contribution < -0.4 is 4.90 Å². The minimum atomic E-state index is 0.466. The minimum absolute atomic E-state index is 0.466. The number of carbonyl (C=O) groups excluding carboxylic acids is 1. The average Bonchev–Trinajstić information content (AvgIpc) is 2.53. The summed E-state index contributed by atoms with van der Waals surface area (Å²) in [4.78, 5) is 18.3. The molecule has 0 N–H and O–H groups in total. The normalized spacial score (nSPS) is 15.7. The van der Waals surface area contributed by atoms with E-state index in [1.807, 2.05) is 12.1 Å². The molecule has 0 atom stereocenters. The maximum absolute atomic E-state index is 11.4. The molecule has 4 nitrogen and oxygen atoms in total. The van der Waals surface area contributed by atoms with Crippen LogP contribution in [-0.4, -0.2) is 37.6 Å². The van der Waals surface area contributed by atoms with Crippen LogP contribution in [0.25, 0.3) is 10.9 Å². The molecule has 0 bridgehead atoms. The van der Waals surface area contributed by atoms with Crippen LogP contribution in [0.3, 0.4) is 0 Å². The number of rotatable bonds is 3. The van der Waals surface area contributed by atoms with Crippen LogP contribution in [0.1, 0.15) is 35.7 Å². The van der Waals surface area contributed by atoms with Gasteiger partial charge in [0, 0.05) is 18.5 Å². The van der Waals surface area contributed by atoms with Gasteiger partial charge in [-0.05, 0) is 29.7 Å². The van der Waals surface area contributed by atoms with E-state index in [0.717, 1.165) is 36.1 Å². The molecular formula is C17H20N2O2. The molecule has 4 heteroatoms. The quantitative estimate of drug-likeness (QED) is 0.813. The van der Waals surface area contributed by atoms with Crippen molar-refractivity contribution in [1.82, 2.24) is 4.98 Å². The number of hydrogen-bond acceptors (Lipinski definition) is 4. The van der Waals surface area contributed by atoms with Crippen molar-refractivity contribution in [1.29, 1.82) is 0 Å². The molecule has 2 aromatic rings. The molecule has 1 aromatic carbocycles. The van der Waals surface area contributed by atoms with Gasteiger partial charge in [-0.15, -0.1) is 0 Å². The van der Waals surface area contributed by atoms with Crippen molar-refractivity contribution in [2.24, 2.45) is 0 Å². The van der Waals surface area contributed by atoms with Crippen LogP contribution >= 0.6 is 0 Å². The summed E-state index contributed by atoms with van der Waals surface area (Å²) in [6.45, 7) is 7.26. The van der Waals surface area contributed by atoms with E-state index in [-0.39, 0.29) is 0 Å². The van der Waals surface area contributed by atoms with E-state index in [0.29, 0.717) is 24.7 Å². The molecule has 0 radical (unpaired) electrons. The first-order chi connectivity index (χ1) is 10.2. The number of fused-ring (bicyclic) bond motifs is 1. The number of hydrogen-bond donors (Lipinski definition) is 0. The Hall–Kier alpha value is -1.94. The zero-order valence-electron chi connectivity index (χ0n) is 12.5. The van der Waals surface area contributed by atoms with E-state index in [1.54, 1.807) is 0 Å². The Balaban J connectivity index is 2.08. The fourth-order valence-corrected chi connectivity index (χ4v) is 2.68. The van der Waals surface area contributed by atoms with Gasteiger partial charge in [-0.2, -0.15) is 0 Å². The molecule has 110 valence electrons. The Morgan fingerprint density at radius 3 is 2.67 bits per heavy atom. The zero-order valence-corrected chi connectivity index (χ0v) is 12.5. The minimum Gasteiger partial charge on any atom is -0.378 e. The summed E-state index contributed by atoms with van der Waals surface area (Å²) in [5.41, 5.74) is 2.86. The van der Waals surface area contributed by atoms with Gasteiger partial charge in [0.2, 0.25) is 0 Å². The van der Waals surface area contributed by atoms with Crippen LogP contribution in [0.15, 0.2) is 24.3 Å². The third-order valence-corrected chi connectivity index (χ3v) is 3.95. The molecule has 0 amide bonds. The van der Waals surface area contributed by atoms with E-state index in [4.69, 9.17) is 9.72 Å². The fraction of sp³-hybridized carbons (Fsp3) is 0.412. The predicted octanol–water partition coefficient (Wildman–Crippen LogP) is 3.01. The average molecular weight is 284 g/mol. The summed E-state index contributed by atoms with van der Waals surface area (Å²) in [7, 11) is 0. The molecule has 1 fully saturated rings.